The Labute approximate surface area is 79.9 Å². The maximum Gasteiger partial charge on any atom is 0.214 e. The van der Waals surface area contributed by atoms with Gasteiger partial charge in [0.05, 0.1) is 18.5 Å². The standard InChI is InChI=1S/C8H17NO3S/c1-3-6-13(10,11)9-4-5-12-8(2)7-9/h8H,3-7H2,1-2H3/t8-/m0/s1. The molecule has 1 atom stereocenters. The maximum absolute atomic E-state index is 11.6. The van der Waals surface area contributed by atoms with Crippen molar-refractivity contribution in [3.8, 4) is 0 Å². The van der Waals surface area contributed by atoms with E-state index >= 15 is 0 Å². The van der Waals surface area contributed by atoms with E-state index in [1.54, 1.807) is 0 Å². The van der Waals surface area contributed by atoms with Gasteiger partial charge in [0.25, 0.3) is 0 Å². The van der Waals surface area contributed by atoms with E-state index in [2.05, 4.69) is 0 Å². The van der Waals surface area contributed by atoms with Gasteiger partial charge in [0.2, 0.25) is 10.0 Å². The van der Waals surface area contributed by atoms with Gasteiger partial charge in [0.1, 0.15) is 0 Å². The molecule has 1 fully saturated rings. The van der Waals surface area contributed by atoms with Gasteiger partial charge in [0, 0.05) is 13.1 Å². The van der Waals surface area contributed by atoms with E-state index in [0.717, 1.165) is 0 Å². The molecule has 0 spiro atoms. The Morgan fingerprint density at radius 3 is 2.77 bits per heavy atom. The van der Waals surface area contributed by atoms with Crippen LogP contribution in [-0.2, 0) is 14.8 Å². The molecule has 4 nitrogen and oxygen atoms in total. The Hall–Kier alpha value is -0.130. The van der Waals surface area contributed by atoms with Gasteiger partial charge in [-0.2, -0.15) is 4.31 Å². The Balaban J connectivity index is 2.60. The van der Waals surface area contributed by atoms with Crippen LogP contribution in [0.4, 0.5) is 0 Å². The van der Waals surface area contributed by atoms with Gasteiger partial charge in [-0.05, 0) is 13.3 Å². The average molecular weight is 207 g/mol. The smallest absolute Gasteiger partial charge is 0.214 e. The average Bonchev–Trinajstić information content (AvgIpc) is 2.04. The molecule has 1 heterocycles. The molecule has 0 aromatic carbocycles. The highest BCUT2D eigenvalue weighted by molar-refractivity contribution is 7.89. The summed E-state index contributed by atoms with van der Waals surface area (Å²) in [7, 11) is -3.01. The van der Waals surface area contributed by atoms with E-state index < -0.39 is 10.0 Å². The van der Waals surface area contributed by atoms with Crippen LogP contribution >= 0.6 is 0 Å². The van der Waals surface area contributed by atoms with Crippen molar-refractivity contribution in [3.63, 3.8) is 0 Å². The summed E-state index contributed by atoms with van der Waals surface area (Å²) < 4.78 is 30.0. The first kappa shape index (κ1) is 10.9. The van der Waals surface area contributed by atoms with Crippen molar-refractivity contribution in [2.24, 2.45) is 0 Å². The van der Waals surface area contributed by atoms with Gasteiger partial charge in [0.15, 0.2) is 0 Å². The van der Waals surface area contributed by atoms with E-state index in [1.807, 2.05) is 13.8 Å². The Kier molecular flexibility index (Phi) is 3.70. The third-order valence-corrected chi connectivity index (χ3v) is 4.10. The van der Waals surface area contributed by atoms with E-state index in [-0.39, 0.29) is 11.9 Å². The van der Waals surface area contributed by atoms with Gasteiger partial charge in [-0.1, -0.05) is 6.92 Å². The van der Waals surface area contributed by atoms with Crippen LogP contribution in [-0.4, -0.2) is 44.3 Å². The van der Waals surface area contributed by atoms with Crippen LogP contribution in [0.15, 0.2) is 0 Å². The van der Waals surface area contributed by atoms with Crippen molar-refractivity contribution in [1.82, 2.24) is 4.31 Å². The highest BCUT2D eigenvalue weighted by atomic mass is 32.2. The summed E-state index contributed by atoms with van der Waals surface area (Å²) in [6.07, 6.45) is 0.703. The van der Waals surface area contributed by atoms with Crippen molar-refractivity contribution in [2.75, 3.05) is 25.4 Å². The van der Waals surface area contributed by atoms with Crippen molar-refractivity contribution in [3.05, 3.63) is 0 Å². The molecule has 0 N–H and O–H groups in total. The summed E-state index contributed by atoms with van der Waals surface area (Å²) in [5, 5.41) is 0. The molecular weight excluding hydrogens is 190 g/mol. The number of hydrogen-bond donors (Lipinski definition) is 0. The van der Waals surface area contributed by atoms with Crippen molar-refractivity contribution < 1.29 is 13.2 Å². The van der Waals surface area contributed by atoms with E-state index in [0.29, 0.717) is 26.1 Å². The lowest BCUT2D eigenvalue weighted by molar-refractivity contribution is 0.0102. The van der Waals surface area contributed by atoms with E-state index in [1.165, 1.54) is 4.31 Å². The monoisotopic (exact) mass is 207 g/mol. The molecule has 5 heteroatoms. The molecule has 0 saturated carbocycles. The van der Waals surface area contributed by atoms with E-state index in [9.17, 15) is 8.42 Å². The largest absolute Gasteiger partial charge is 0.376 e. The van der Waals surface area contributed by atoms with Crippen LogP contribution in [0.2, 0.25) is 0 Å². The normalized spacial score (nSPS) is 26.2. The molecule has 0 amide bonds. The zero-order chi connectivity index (χ0) is 9.90. The second kappa shape index (κ2) is 4.39. The third-order valence-electron chi connectivity index (χ3n) is 2.06. The predicted molar refractivity (Wildman–Crippen MR) is 51.1 cm³/mol. The summed E-state index contributed by atoms with van der Waals surface area (Å²) >= 11 is 0. The molecule has 0 bridgehead atoms. The van der Waals surface area contributed by atoms with Gasteiger partial charge in [-0.15, -0.1) is 0 Å². The van der Waals surface area contributed by atoms with Gasteiger partial charge < -0.3 is 4.74 Å². The van der Waals surface area contributed by atoms with Crippen LogP contribution in [0.3, 0.4) is 0 Å². The summed E-state index contributed by atoms with van der Waals surface area (Å²) in [4.78, 5) is 0. The van der Waals surface area contributed by atoms with Gasteiger partial charge >= 0.3 is 0 Å². The number of hydrogen-bond acceptors (Lipinski definition) is 3. The zero-order valence-corrected chi connectivity index (χ0v) is 9.01. The fourth-order valence-electron chi connectivity index (χ4n) is 1.43. The molecule has 1 saturated heterocycles. The lowest BCUT2D eigenvalue weighted by Crippen LogP contribution is -2.45. The number of rotatable bonds is 3. The number of morpholine rings is 1. The lowest BCUT2D eigenvalue weighted by Gasteiger charge is -2.30. The number of nitrogens with zero attached hydrogens (tertiary/aromatic N) is 1. The summed E-state index contributed by atoms with van der Waals surface area (Å²) in [5.41, 5.74) is 0. The highest BCUT2D eigenvalue weighted by Crippen LogP contribution is 2.10. The second-order valence-corrected chi connectivity index (χ2v) is 5.44. The third kappa shape index (κ3) is 2.93. The second-order valence-electron chi connectivity index (χ2n) is 3.36. The lowest BCUT2D eigenvalue weighted by atomic mass is 10.3. The molecule has 13 heavy (non-hydrogen) atoms. The molecule has 1 rings (SSSR count). The molecule has 0 aromatic heterocycles. The summed E-state index contributed by atoms with van der Waals surface area (Å²) in [6, 6.07) is 0. The van der Waals surface area contributed by atoms with Gasteiger partial charge in [-0.25, -0.2) is 8.42 Å². The SMILES string of the molecule is CCCS(=O)(=O)N1CCO[C@@H](C)C1. The predicted octanol–water partition coefficient (Wildman–Crippen LogP) is 0.447. The van der Waals surface area contributed by atoms with Crippen LogP contribution < -0.4 is 0 Å². The Bertz CT molecular complexity index is 250. The molecule has 0 unspecified atom stereocenters. The fraction of sp³-hybridized carbons (Fsp3) is 1.00. The number of sulfonamides is 1. The Morgan fingerprint density at radius 1 is 1.54 bits per heavy atom. The Morgan fingerprint density at radius 2 is 2.23 bits per heavy atom. The van der Waals surface area contributed by atoms with Crippen molar-refractivity contribution >= 4 is 10.0 Å². The molecule has 78 valence electrons. The molecule has 1 aliphatic heterocycles. The van der Waals surface area contributed by atoms with E-state index in [4.69, 9.17) is 4.74 Å². The quantitative estimate of drug-likeness (QED) is 0.675. The minimum absolute atomic E-state index is 0.0281. The minimum atomic E-state index is -3.01. The molecule has 0 radical (unpaired) electrons. The maximum atomic E-state index is 11.6. The molecular formula is C8H17NO3S. The molecule has 1 aliphatic rings. The van der Waals surface area contributed by atoms with Crippen molar-refractivity contribution in [1.29, 1.82) is 0 Å². The fourth-order valence-corrected chi connectivity index (χ4v) is 2.99. The number of ether oxygens (including phenoxy) is 1. The molecule has 0 aromatic rings. The van der Waals surface area contributed by atoms with Crippen LogP contribution in [0.1, 0.15) is 20.3 Å². The highest BCUT2D eigenvalue weighted by Gasteiger charge is 2.26. The van der Waals surface area contributed by atoms with Crippen LogP contribution in [0.25, 0.3) is 0 Å². The van der Waals surface area contributed by atoms with Gasteiger partial charge in [-0.3, -0.25) is 0 Å². The minimum Gasteiger partial charge on any atom is -0.376 e. The molecule has 0 aliphatic carbocycles. The first-order valence-corrected chi connectivity index (χ1v) is 6.26. The van der Waals surface area contributed by atoms with Crippen molar-refractivity contribution in [2.45, 2.75) is 26.4 Å². The summed E-state index contributed by atoms with van der Waals surface area (Å²) in [6.45, 7) is 5.30. The van der Waals surface area contributed by atoms with Crippen LogP contribution in [0.5, 0.6) is 0 Å². The zero-order valence-electron chi connectivity index (χ0n) is 8.19. The summed E-state index contributed by atoms with van der Waals surface area (Å²) in [5.74, 6) is 0.250. The first-order chi connectivity index (χ1) is 6.06. The first-order valence-electron chi connectivity index (χ1n) is 4.65. The topological polar surface area (TPSA) is 46.6 Å². The van der Waals surface area contributed by atoms with Crippen LogP contribution in [0, 0.1) is 0 Å².